The molecule has 2 rings (SSSR count). The van der Waals surface area contributed by atoms with Crippen LogP contribution in [0.25, 0.3) is 6.08 Å². The minimum absolute atomic E-state index is 0.145. The second kappa shape index (κ2) is 4.39. The van der Waals surface area contributed by atoms with Crippen molar-refractivity contribution >= 4 is 12.0 Å². The molecule has 16 heavy (non-hydrogen) atoms. The number of hydrogen-bond donors (Lipinski definition) is 0. The van der Waals surface area contributed by atoms with Gasteiger partial charge in [-0.3, -0.25) is 0 Å². The third kappa shape index (κ3) is 2.24. The summed E-state index contributed by atoms with van der Waals surface area (Å²) in [6, 6.07) is 3.72. The number of carbonyl (C=O) groups is 1. The number of ether oxygens (including phenoxy) is 1. The highest BCUT2D eigenvalue weighted by atomic mass is 16.5. The van der Waals surface area contributed by atoms with E-state index in [4.69, 9.17) is 9.15 Å². The quantitative estimate of drug-likeness (QED) is 0.732. The normalized spacial score (nSPS) is 22.2. The van der Waals surface area contributed by atoms with Gasteiger partial charge in [0.2, 0.25) is 0 Å². The third-order valence-corrected chi connectivity index (χ3v) is 2.60. The van der Waals surface area contributed by atoms with Crippen molar-refractivity contribution in [2.75, 3.05) is 0 Å². The highest BCUT2D eigenvalue weighted by molar-refractivity contribution is 5.90. The van der Waals surface area contributed by atoms with Crippen molar-refractivity contribution in [1.82, 2.24) is 0 Å². The van der Waals surface area contributed by atoms with E-state index in [1.165, 1.54) is 0 Å². The predicted molar refractivity (Wildman–Crippen MR) is 60.5 cm³/mol. The van der Waals surface area contributed by atoms with Crippen LogP contribution >= 0.6 is 0 Å². The fourth-order valence-electron chi connectivity index (χ4n) is 1.57. The Balaban J connectivity index is 1.99. The molecule has 2 heterocycles. The maximum absolute atomic E-state index is 11.2. The smallest absolute Gasteiger partial charge is 0.334 e. The van der Waals surface area contributed by atoms with Crippen LogP contribution in [0.4, 0.5) is 0 Å². The van der Waals surface area contributed by atoms with Gasteiger partial charge in [-0.1, -0.05) is 13.0 Å². The zero-order valence-electron chi connectivity index (χ0n) is 9.34. The molecule has 0 fully saturated rings. The van der Waals surface area contributed by atoms with Crippen molar-refractivity contribution in [3.05, 3.63) is 41.9 Å². The van der Waals surface area contributed by atoms with Gasteiger partial charge in [0, 0.05) is 11.5 Å². The summed E-state index contributed by atoms with van der Waals surface area (Å²) in [5.41, 5.74) is 0.684. The first-order valence-electron chi connectivity index (χ1n) is 5.28. The average molecular weight is 218 g/mol. The Morgan fingerprint density at radius 2 is 2.31 bits per heavy atom. The fourth-order valence-corrected chi connectivity index (χ4v) is 1.57. The molecule has 2 atom stereocenters. The van der Waals surface area contributed by atoms with Gasteiger partial charge in [-0.15, -0.1) is 0 Å². The minimum Gasteiger partial charge on any atom is -0.465 e. The number of rotatable bonds is 3. The molecule has 0 saturated carbocycles. The summed E-state index contributed by atoms with van der Waals surface area (Å²) in [4.78, 5) is 11.2. The molecule has 0 radical (unpaired) electrons. The van der Waals surface area contributed by atoms with Crippen molar-refractivity contribution in [2.45, 2.75) is 20.0 Å². The second-order valence-corrected chi connectivity index (χ2v) is 3.95. The number of cyclic esters (lactones) is 1. The van der Waals surface area contributed by atoms with E-state index in [1.807, 2.05) is 37.3 Å². The SMILES string of the molecule is CC1=C[C@H]([C@H](C)/C=C/c2ccco2)OC1=O. The molecule has 84 valence electrons. The molecular weight excluding hydrogens is 204 g/mol. The first-order chi connectivity index (χ1) is 7.66. The highest BCUT2D eigenvalue weighted by Gasteiger charge is 2.25. The van der Waals surface area contributed by atoms with E-state index in [0.717, 1.165) is 5.76 Å². The van der Waals surface area contributed by atoms with E-state index >= 15 is 0 Å². The second-order valence-electron chi connectivity index (χ2n) is 3.95. The van der Waals surface area contributed by atoms with E-state index in [0.29, 0.717) is 5.57 Å². The Kier molecular flexibility index (Phi) is 2.95. The van der Waals surface area contributed by atoms with E-state index in [2.05, 4.69) is 0 Å². The zero-order chi connectivity index (χ0) is 11.5. The number of furan rings is 1. The number of hydrogen-bond acceptors (Lipinski definition) is 3. The standard InChI is InChI=1S/C13H14O3/c1-9(5-6-11-4-3-7-15-11)12-8-10(2)13(14)16-12/h3-9,12H,1-2H3/b6-5+/t9-,12-/m1/s1. The minimum atomic E-state index is -0.219. The molecule has 0 saturated heterocycles. The summed E-state index contributed by atoms with van der Waals surface area (Å²) < 4.78 is 10.4. The molecule has 0 aliphatic carbocycles. The van der Waals surface area contributed by atoms with Crippen LogP contribution in [0.1, 0.15) is 19.6 Å². The predicted octanol–water partition coefficient (Wildman–Crippen LogP) is 2.80. The maximum Gasteiger partial charge on any atom is 0.334 e. The largest absolute Gasteiger partial charge is 0.465 e. The molecule has 0 aromatic carbocycles. The molecule has 0 bridgehead atoms. The lowest BCUT2D eigenvalue weighted by molar-refractivity contribution is -0.140. The van der Waals surface area contributed by atoms with Crippen LogP contribution < -0.4 is 0 Å². The molecule has 1 aromatic heterocycles. The number of esters is 1. The van der Waals surface area contributed by atoms with Crippen molar-refractivity contribution in [3.63, 3.8) is 0 Å². The lowest BCUT2D eigenvalue weighted by atomic mass is 10.0. The van der Waals surface area contributed by atoms with Crippen molar-refractivity contribution in [3.8, 4) is 0 Å². The van der Waals surface area contributed by atoms with Gasteiger partial charge in [-0.25, -0.2) is 4.79 Å². The molecule has 0 N–H and O–H groups in total. The molecule has 1 aromatic rings. The first kappa shape index (κ1) is 10.7. The van der Waals surface area contributed by atoms with E-state index in [-0.39, 0.29) is 18.0 Å². The lowest BCUT2D eigenvalue weighted by Crippen LogP contribution is -2.15. The molecule has 0 amide bonds. The van der Waals surface area contributed by atoms with Crippen LogP contribution in [0.2, 0.25) is 0 Å². The van der Waals surface area contributed by atoms with Gasteiger partial charge in [0.25, 0.3) is 0 Å². The van der Waals surface area contributed by atoms with Crippen LogP contribution in [0.15, 0.2) is 40.5 Å². The summed E-state index contributed by atoms with van der Waals surface area (Å²) in [5.74, 6) is 0.728. The average Bonchev–Trinajstić information content (AvgIpc) is 2.86. The molecule has 0 spiro atoms. The van der Waals surface area contributed by atoms with E-state index in [9.17, 15) is 4.79 Å². The highest BCUT2D eigenvalue weighted by Crippen LogP contribution is 2.21. The van der Waals surface area contributed by atoms with Crippen LogP contribution in [0.5, 0.6) is 0 Å². The molecule has 3 nitrogen and oxygen atoms in total. The zero-order valence-corrected chi connectivity index (χ0v) is 9.34. The molecular formula is C13H14O3. The van der Waals surface area contributed by atoms with Gasteiger partial charge in [-0.2, -0.15) is 0 Å². The monoisotopic (exact) mass is 218 g/mol. The molecule has 1 aliphatic rings. The van der Waals surface area contributed by atoms with Gasteiger partial charge < -0.3 is 9.15 Å². The van der Waals surface area contributed by atoms with Gasteiger partial charge in [0.15, 0.2) is 0 Å². The van der Waals surface area contributed by atoms with Crippen LogP contribution in [0.3, 0.4) is 0 Å². The van der Waals surface area contributed by atoms with Crippen molar-refractivity contribution < 1.29 is 13.9 Å². The summed E-state index contributed by atoms with van der Waals surface area (Å²) in [6.45, 7) is 3.78. The van der Waals surface area contributed by atoms with E-state index in [1.54, 1.807) is 13.2 Å². The Hall–Kier alpha value is -1.77. The summed E-state index contributed by atoms with van der Waals surface area (Å²) >= 11 is 0. The van der Waals surface area contributed by atoms with Crippen molar-refractivity contribution in [2.24, 2.45) is 5.92 Å². The summed E-state index contributed by atoms with van der Waals surface area (Å²) in [7, 11) is 0. The van der Waals surface area contributed by atoms with Crippen LogP contribution in [-0.4, -0.2) is 12.1 Å². The Bertz CT molecular complexity index is 426. The number of carbonyl (C=O) groups excluding carboxylic acids is 1. The van der Waals surface area contributed by atoms with Crippen molar-refractivity contribution in [1.29, 1.82) is 0 Å². The topological polar surface area (TPSA) is 39.4 Å². The van der Waals surface area contributed by atoms with Gasteiger partial charge in [0.1, 0.15) is 11.9 Å². The summed E-state index contributed by atoms with van der Waals surface area (Å²) in [5, 5.41) is 0. The van der Waals surface area contributed by atoms with Gasteiger partial charge >= 0.3 is 5.97 Å². The third-order valence-electron chi connectivity index (χ3n) is 2.60. The van der Waals surface area contributed by atoms with E-state index < -0.39 is 0 Å². The van der Waals surface area contributed by atoms with Crippen LogP contribution in [-0.2, 0) is 9.53 Å². The first-order valence-corrected chi connectivity index (χ1v) is 5.28. The Morgan fingerprint density at radius 1 is 1.50 bits per heavy atom. The molecule has 0 unspecified atom stereocenters. The van der Waals surface area contributed by atoms with Crippen LogP contribution in [0, 0.1) is 5.92 Å². The molecule has 1 aliphatic heterocycles. The maximum atomic E-state index is 11.2. The van der Waals surface area contributed by atoms with Gasteiger partial charge in [0.05, 0.1) is 6.26 Å². The fraction of sp³-hybridized carbons (Fsp3) is 0.308. The van der Waals surface area contributed by atoms with Gasteiger partial charge in [-0.05, 0) is 31.2 Å². The lowest BCUT2D eigenvalue weighted by Gasteiger charge is -2.12. The molecule has 3 heteroatoms. The Morgan fingerprint density at radius 3 is 2.88 bits per heavy atom. The summed E-state index contributed by atoms with van der Waals surface area (Å²) in [6.07, 6.45) is 7.20. The Labute approximate surface area is 94.4 Å².